The molecule has 2 rings (SSSR count). The van der Waals surface area contributed by atoms with Crippen molar-refractivity contribution in [3.05, 3.63) is 0 Å². The number of ketones is 2. The number of carbonyl (C=O) groups excluding carboxylic acids is 3. The standard InChI is InChI=1S/C12H17NO3/c1-9(14)8-12-6-3-7-13(12)11(16)5-2-4-10(12)15/h2-8H2,1H3/t12-/m1/s1. The van der Waals surface area contributed by atoms with Crippen molar-refractivity contribution in [2.24, 2.45) is 0 Å². The lowest BCUT2D eigenvalue weighted by Crippen LogP contribution is -2.52. The maximum absolute atomic E-state index is 12.2. The molecule has 2 aliphatic heterocycles. The van der Waals surface area contributed by atoms with Crippen LogP contribution in [0.5, 0.6) is 0 Å². The zero-order chi connectivity index (χ0) is 11.8. The van der Waals surface area contributed by atoms with Crippen molar-refractivity contribution in [1.29, 1.82) is 0 Å². The zero-order valence-corrected chi connectivity index (χ0v) is 9.62. The van der Waals surface area contributed by atoms with Crippen LogP contribution in [0.1, 0.15) is 45.4 Å². The lowest BCUT2D eigenvalue weighted by Gasteiger charge is -2.35. The first kappa shape index (κ1) is 11.3. The van der Waals surface area contributed by atoms with Gasteiger partial charge in [0.2, 0.25) is 5.91 Å². The van der Waals surface area contributed by atoms with E-state index in [0.717, 1.165) is 6.42 Å². The van der Waals surface area contributed by atoms with Gasteiger partial charge in [0.15, 0.2) is 5.78 Å². The highest BCUT2D eigenvalue weighted by atomic mass is 16.2. The van der Waals surface area contributed by atoms with Gasteiger partial charge in [-0.25, -0.2) is 0 Å². The van der Waals surface area contributed by atoms with Crippen LogP contribution in [0.15, 0.2) is 0 Å². The molecule has 88 valence electrons. The third-order valence-electron chi connectivity index (χ3n) is 3.64. The van der Waals surface area contributed by atoms with Gasteiger partial charge >= 0.3 is 0 Å². The third-order valence-corrected chi connectivity index (χ3v) is 3.64. The number of hydrogen-bond acceptors (Lipinski definition) is 3. The van der Waals surface area contributed by atoms with E-state index in [1.165, 1.54) is 6.92 Å². The summed E-state index contributed by atoms with van der Waals surface area (Å²) in [5, 5.41) is 0. The summed E-state index contributed by atoms with van der Waals surface area (Å²) < 4.78 is 0. The molecule has 0 aromatic rings. The fourth-order valence-corrected chi connectivity index (χ4v) is 2.99. The predicted molar refractivity (Wildman–Crippen MR) is 57.8 cm³/mol. The van der Waals surface area contributed by atoms with Crippen LogP contribution >= 0.6 is 0 Å². The third kappa shape index (κ3) is 1.66. The number of rotatable bonds is 2. The van der Waals surface area contributed by atoms with Gasteiger partial charge in [-0.3, -0.25) is 14.4 Å². The molecule has 1 atom stereocenters. The Bertz CT molecular complexity index is 350. The highest BCUT2D eigenvalue weighted by Gasteiger charge is 2.50. The van der Waals surface area contributed by atoms with E-state index < -0.39 is 5.54 Å². The fraction of sp³-hybridized carbons (Fsp3) is 0.750. The number of Topliss-reactive ketones (excluding diaryl/α,β-unsaturated/α-hetero) is 2. The van der Waals surface area contributed by atoms with Crippen molar-refractivity contribution >= 4 is 17.5 Å². The highest BCUT2D eigenvalue weighted by Crippen LogP contribution is 2.37. The van der Waals surface area contributed by atoms with Gasteiger partial charge in [-0.05, 0) is 26.2 Å². The molecule has 4 nitrogen and oxygen atoms in total. The Morgan fingerprint density at radius 3 is 2.75 bits per heavy atom. The SMILES string of the molecule is CC(=O)C[C@@]12CCCN1C(=O)CCCC2=O. The summed E-state index contributed by atoms with van der Waals surface area (Å²) in [5.74, 6) is 0.130. The second-order valence-electron chi connectivity index (χ2n) is 4.84. The van der Waals surface area contributed by atoms with Crippen LogP contribution in [0.2, 0.25) is 0 Å². The van der Waals surface area contributed by atoms with Crippen molar-refractivity contribution < 1.29 is 14.4 Å². The van der Waals surface area contributed by atoms with Crippen LogP contribution < -0.4 is 0 Å². The number of hydrogen-bond donors (Lipinski definition) is 0. The van der Waals surface area contributed by atoms with Crippen molar-refractivity contribution in [3.8, 4) is 0 Å². The Kier molecular flexibility index (Phi) is 2.82. The van der Waals surface area contributed by atoms with Gasteiger partial charge in [0.25, 0.3) is 0 Å². The molecule has 0 unspecified atom stereocenters. The molecule has 0 bridgehead atoms. The van der Waals surface area contributed by atoms with E-state index in [9.17, 15) is 14.4 Å². The molecule has 0 radical (unpaired) electrons. The molecule has 2 saturated heterocycles. The summed E-state index contributed by atoms with van der Waals surface area (Å²) in [4.78, 5) is 37.0. The molecule has 16 heavy (non-hydrogen) atoms. The average molecular weight is 223 g/mol. The molecule has 0 saturated carbocycles. The zero-order valence-electron chi connectivity index (χ0n) is 9.62. The van der Waals surface area contributed by atoms with Crippen molar-refractivity contribution in [3.63, 3.8) is 0 Å². The fourth-order valence-electron chi connectivity index (χ4n) is 2.99. The van der Waals surface area contributed by atoms with Crippen molar-refractivity contribution in [1.82, 2.24) is 4.90 Å². The maximum atomic E-state index is 12.2. The molecule has 0 aromatic carbocycles. The van der Waals surface area contributed by atoms with E-state index in [1.807, 2.05) is 0 Å². The summed E-state index contributed by atoms with van der Waals surface area (Å²) in [5.41, 5.74) is -0.778. The smallest absolute Gasteiger partial charge is 0.223 e. The minimum atomic E-state index is -0.778. The Labute approximate surface area is 95.0 Å². The Morgan fingerprint density at radius 2 is 2.06 bits per heavy atom. The van der Waals surface area contributed by atoms with Gasteiger partial charge in [-0.2, -0.15) is 0 Å². The Morgan fingerprint density at radius 1 is 1.31 bits per heavy atom. The minimum Gasteiger partial charge on any atom is -0.330 e. The van der Waals surface area contributed by atoms with Gasteiger partial charge in [0.05, 0.1) is 0 Å². The van der Waals surface area contributed by atoms with Crippen LogP contribution in [0, 0.1) is 0 Å². The normalized spacial score (nSPS) is 30.2. The molecule has 0 spiro atoms. The molecule has 2 heterocycles. The number of amides is 1. The number of carbonyl (C=O) groups is 3. The topological polar surface area (TPSA) is 54.5 Å². The highest BCUT2D eigenvalue weighted by molar-refractivity contribution is 5.98. The average Bonchev–Trinajstić information content (AvgIpc) is 2.57. The van der Waals surface area contributed by atoms with E-state index >= 15 is 0 Å². The second kappa shape index (κ2) is 4.00. The second-order valence-corrected chi connectivity index (χ2v) is 4.84. The first-order valence-electron chi connectivity index (χ1n) is 5.89. The first-order valence-corrected chi connectivity index (χ1v) is 5.89. The van der Waals surface area contributed by atoms with Crippen LogP contribution in [0.3, 0.4) is 0 Å². The first-order chi connectivity index (χ1) is 7.56. The quantitative estimate of drug-likeness (QED) is 0.704. The van der Waals surface area contributed by atoms with Gasteiger partial charge < -0.3 is 4.90 Å². The number of fused-ring (bicyclic) bond motifs is 1. The molecule has 2 fully saturated rings. The molecule has 4 heteroatoms. The van der Waals surface area contributed by atoms with Gasteiger partial charge in [0.1, 0.15) is 11.3 Å². The molecular formula is C12H17NO3. The molecule has 2 aliphatic rings. The number of nitrogens with zero attached hydrogens (tertiary/aromatic N) is 1. The van der Waals surface area contributed by atoms with Crippen molar-refractivity contribution in [2.45, 2.75) is 51.0 Å². The molecule has 0 aromatic heterocycles. The molecule has 1 amide bonds. The maximum Gasteiger partial charge on any atom is 0.223 e. The van der Waals surface area contributed by atoms with Crippen LogP contribution in [-0.2, 0) is 14.4 Å². The summed E-state index contributed by atoms with van der Waals surface area (Å²) in [6, 6.07) is 0. The molecule has 0 aliphatic carbocycles. The Hall–Kier alpha value is -1.19. The summed E-state index contributed by atoms with van der Waals surface area (Å²) >= 11 is 0. The van der Waals surface area contributed by atoms with E-state index in [1.54, 1.807) is 4.90 Å². The van der Waals surface area contributed by atoms with Crippen LogP contribution in [0.4, 0.5) is 0 Å². The summed E-state index contributed by atoms with van der Waals surface area (Å²) in [7, 11) is 0. The van der Waals surface area contributed by atoms with Crippen molar-refractivity contribution in [2.75, 3.05) is 6.54 Å². The van der Waals surface area contributed by atoms with Gasteiger partial charge in [0, 0.05) is 25.8 Å². The Balaban J connectivity index is 2.36. The largest absolute Gasteiger partial charge is 0.330 e. The van der Waals surface area contributed by atoms with Gasteiger partial charge in [-0.1, -0.05) is 0 Å². The lowest BCUT2D eigenvalue weighted by molar-refractivity contribution is -0.143. The van der Waals surface area contributed by atoms with E-state index in [-0.39, 0.29) is 23.9 Å². The monoisotopic (exact) mass is 223 g/mol. The van der Waals surface area contributed by atoms with Crippen LogP contribution in [0.25, 0.3) is 0 Å². The van der Waals surface area contributed by atoms with E-state index in [4.69, 9.17) is 0 Å². The van der Waals surface area contributed by atoms with E-state index in [0.29, 0.717) is 32.2 Å². The van der Waals surface area contributed by atoms with E-state index in [2.05, 4.69) is 0 Å². The minimum absolute atomic E-state index is 0.00468. The molecule has 0 N–H and O–H groups in total. The van der Waals surface area contributed by atoms with Crippen LogP contribution in [-0.4, -0.2) is 34.5 Å². The predicted octanol–water partition coefficient (Wildman–Crippen LogP) is 1.08. The summed E-state index contributed by atoms with van der Waals surface area (Å²) in [6.07, 6.45) is 3.23. The van der Waals surface area contributed by atoms with Gasteiger partial charge in [-0.15, -0.1) is 0 Å². The summed E-state index contributed by atoms with van der Waals surface area (Å²) in [6.45, 7) is 2.13. The molecular weight excluding hydrogens is 206 g/mol. The lowest BCUT2D eigenvalue weighted by atomic mass is 9.84.